The normalized spacial score (nSPS) is 14.2. The average molecular weight is 249 g/mol. The first-order chi connectivity index (χ1) is 8.71. The van der Waals surface area contributed by atoms with Gasteiger partial charge in [-0.15, -0.1) is 0 Å². The minimum Gasteiger partial charge on any atom is -0.497 e. The summed E-state index contributed by atoms with van der Waals surface area (Å²) in [4.78, 5) is 0. The molecule has 1 aromatic carbocycles. The van der Waals surface area contributed by atoms with Crippen molar-refractivity contribution in [2.75, 3.05) is 20.2 Å². The van der Waals surface area contributed by atoms with E-state index in [1.54, 1.807) is 7.11 Å². The Hall–Kier alpha value is -1.02. The van der Waals surface area contributed by atoms with Gasteiger partial charge >= 0.3 is 0 Å². The SMILES string of the molecule is CCNCC(Cc1ccc(OC)cc1)C(C)CC. The minimum atomic E-state index is 0.711. The summed E-state index contributed by atoms with van der Waals surface area (Å²) in [6.07, 6.45) is 2.39. The van der Waals surface area contributed by atoms with Crippen molar-refractivity contribution in [2.45, 2.75) is 33.6 Å². The highest BCUT2D eigenvalue weighted by atomic mass is 16.5. The molecule has 1 N–H and O–H groups in total. The zero-order chi connectivity index (χ0) is 13.4. The summed E-state index contributed by atoms with van der Waals surface area (Å²) in [6.45, 7) is 8.96. The second-order valence-electron chi connectivity index (χ2n) is 5.01. The number of hydrogen-bond acceptors (Lipinski definition) is 2. The maximum Gasteiger partial charge on any atom is 0.118 e. The van der Waals surface area contributed by atoms with Crippen LogP contribution in [0.3, 0.4) is 0 Å². The van der Waals surface area contributed by atoms with Gasteiger partial charge in [-0.3, -0.25) is 0 Å². The summed E-state index contributed by atoms with van der Waals surface area (Å²) in [5.41, 5.74) is 1.40. The number of rotatable bonds is 8. The molecule has 0 saturated heterocycles. The first-order valence-electron chi connectivity index (χ1n) is 7.04. The summed E-state index contributed by atoms with van der Waals surface area (Å²) >= 11 is 0. The molecular formula is C16H27NO. The third kappa shape index (κ3) is 4.69. The lowest BCUT2D eigenvalue weighted by atomic mass is 9.86. The molecular weight excluding hydrogens is 222 g/mol. The van der Waals surface area contributed by atoms with Crippen LogP contribution in [-0.4, -0.2) is 20.2 Å². The van der Waals surface area contributed by atoms with E-state index in [2.05, 4.69) is 50.4 Å². The fourth-order valence-corrected chi connectivity index (χ4v) is 2.20. The van der Waals surface area contributed by atoms with Crippen LogP contribution in [0.5, 0.6) is 5.75 Å². The third-order valence-corrected chi connectivity index (χ3v) is 3.76. The molecule has 2 nitrogen and oxygen atoms in total. The molecule has 1 rings (SSSR count). The van der Waals surface area contributed by atoms with Crippen LogP contribution in [0.25, 0.3) is 0 Å². The number of methoxy groups -OCH3 is 1. The topological polar surface area (TPSA) is 21.3 Å². The van der Waals surface area contributed by atoms with Crippen molar-refractivity contribution < 1.29 is 4.74 Å². The van der Waals surface area contributed by atoms with Gasteiger partial charge in [-0.1, -0.05) is 39.3 Å². The van der Waals surface area contributed by atoms with Crippen LogP contribution in [0.15, 0.2) is 24.3 Å². The number of ether oxygens (including phenoxy) is 1. The molecule has 0 radical (unpaired) electrons. The van der Waals surface area contributed by atoms with E-state index in [-0.39, 0.29) is 0 Å². The van der Waals surface area contributed by atoms with E-state index in [0.29, 0.717) is 5.92 Å². The van der Waals surface area contributed by atoms with Crippen LogP contribution < -0.4 is 10.1 Å². The highest BCUT2D eigenvalue weighted by Gasteiger charge is 2.15. The van der Waals surface area contributed by atoms with E-state index in [0.717, 1.165) is 31.2 Å². The number of hydrogen-bond donors (Lipinski definition) is 1. The third-order valence-electron chi connectivity index (χ3n) is 3.76. The van der Waals surface area contributed by atoms with E-state index in [1.165, 1.54) is 12.0 Å². The summed E-state index contributed by atoms with van der Waals surface area (Å²) < 4.78 is 5.20. The molecule has 2 heteroatoms. The van der Waals surface area contributed by atoms with Gasteiger partial charge in [0.15, 0.2) is 0 Å². The van der Waals surface area contributed by atoms with Crippen LogP contribution >= 0.6 is 0 Å². The Labute approximate surface area is 112 Å². The molecule has 0 aliphatic heterocycles. The second-order valence-corrected chi connectivity index (χ2v) is 5.01. The summed E-state index contributed by atoms with van der Waals surface area (Å²) in [5.74, 6) is 2.40. The Morgan fingerprint density at radius 2 is 1.83 bits per heavy atom. The average Bonchev–Trinajstić information content (AvgIpc) is 2.43. The van der Waals surface area contributed by atoms with E-state index in [1.807, 2.05) is 0 Å². The van der Waals surface area contributed by atoms with Gasteiger partial charge in [-0.2, -0.15) is 0 Å². The van der Waals surface area contributed by atoms with Gasteiger partial charge in [0.25, 0.3) is 0 Å². The van der Waals surface area contributed by atoms with Gasteiger partial charge in [0.2, 0.25) is 0 Å². The van der Waals surface area contributed by atoms with Crippen LogP contribution in [0.2, 0.25) is 0 Å². The van der Waals surface area contributed by atoms with Gasteiger partial charge < -0.3 is 10.1 Å². The van der Waals surface area contributed by atoms with Crippen molar-refractivity contribution in [1.82, 2.24) is 5.32 Å². The zero-order valence-corrected chi connectivity index (χ0v) is 12.2. The van der Waals surface area contributed by atoms with Gasteiger partial charge in [0.05, 0.1) is 7.11 Å². The molecule has 0 heterocycles. The van der Waals surface area contributed by atoms with Crippen molar-refractivity contribution in [2.24, 2.45) is 11.8 Å². The molecule has 0 amide bonds. The molecule has 0 bridgehead atoms. The first-order valence-corrected chi connectivity index (χ1v) is 7.04. The molecule has 18 heavy (non-hydrogen) atoms. The largest absolute Gasteiger partial charge is 0.497 e. The Morgan fingerprint density at radius 1 is 1.17 bits per heavy atom. The van der Waals surface area contributed by atoms with Crippen LogP contribution in [0.4, 0.5) is 0 Å². The molecule has 0 aromatic heterocycles. The van der Waals surface area contributed by atoms with E-state index in [9.17, 15) is 0 Å². The first kappa shape index (κ1) is 15.0. The molecule has 0 aliphatic rings. The lowest BCUT2D eigenvalue weighted by molar-refractivity contribution is 0.331. The van der Waals surface area contributed by atoms with Crippen molar-refractivity contribution in [3.05, 3.63) is 29.8 Å². The zero-order valence-electron chi connectivity index (χ0n) is 12.2. The van der Waals surface area contributed by atoms with Crippen LogP contribution in [-0.2, 0) is 6.42 Å². The highest BCUT2D eigenvalue weighted by Crippen LogP contribution is 2.21. The fraction of sp³-hybridized carbons (Fsp3) is 0.625. The highest BCUT2D eigenvalue weighted by molar-refractivity contribution is 5.27. The number of benzene rings is 1. The molecule has 2 unspecified atom stereocenters. The molecule has 0 fully saturated rings. The molecule has 0 saturated carbocycles. The molecule has 2 atom stereocenters. The van der Waals surface area contributed by atoms with Crippen molar-refractivity contribution in [3.63, 3.8) is 0 Å². The van der Waals surface area contributed by atoms with Gasteiger partial charge in [0, 0.05) is 0 Å². The van der Waals surface area contributed by atoms with Crippen molar-refractivity contribution >= 4 is 0 Å². The Kier molecular flexibility index (Phi) is 6.81. The van der Waals surface area contributed by atoms with E-state index in [4.69, 9.17) is 4.74 Å². The van der Waals surface area contributed by atoms with Crippen molar-refractivity contribution in [1.29, 1.82) is 0 Å². The van der Waals surface area contributed by atoms with Crippen LogP contribution in [0, 0.1) is 11.8 Å². The molecule has 0 spiro atoms. The van der Waals surface area contributed by atoms with Gasteiger partial charge in [-0.25, -0.2) is 0 Å². The summed E-state index contributed by atoms with van der Waals surface area (Å²) in [5, 5.41) is 3.48. The smallest absolute Gasteiger partial charge is 0.118 e. The summed E-state index contributed by atoms with van der Waals surface area (Å²) in [6, 6.07) is 8.47. The van der Waals surface area contributed by atoms with Crippen LogP contribution in [0.1, 0.15) is 32.8 Å². The maximum atomic E-state index is 5.20. The Morgan fingerprint density at radius 3 is 2.33 bits per heavy atom. The Bertz CT molecular complexity index is 320. The lowest BCUT2D eigenvalue weighted by Gasteiger charge is -2.23. The predicted molar refractivity (Wildman–Crippen MR) is 78.2 cm³/mol. The fourth-order valence-electron chi connectivity index (χ4n) is 2.20. The molecule has 102 valence electrons. The van der Waals surface area contributed by atoms with E-state index >= 15 is 0 Å². The lowest BCUT2D eigenvalue weighted by Crippen LogP contribution is -2.28. The Balaban J connectivity index is 2.62. The van der Waals surface area contributed by atoms with Gasteiger partial charge in [-0.05, 0) is 49.0 Å². The summed E-state index contributed by atoms with van der Waals surface area (Å²) in [7, 11) is 1.71. The predicted octanol–water partition coefficient (Wildman–Crippen LogP) is 3.51. The van der Waals surface area contributed by atoms with Gasteiger partial charge in [0.1, 0.15) is 5.75 Å². The monoisotopic (exact) mass is 249 g/mol. The standard InChI is InChI=1S/C16H27NO/c1-5-13(3)15(12-17-6-2)11-14-7-9-16(18-4)10-8-14/h7-10,13,15,17H,5-6,11-12H2,1-4H3. The maximum absolute atomic E-state index is 5.20. The number of nitrogens with one attached hydrogen (secondary N) is 1. The van der Waals surface area contributed by atoms with Crippen molar-refractivity contribution in [3.8, 4) is 5.75 Å². The molecule has 0 aliphatic carbocycles. The minimum absolute atomic E-state index is 0.711. The molecule has 1 aromatic rings. The van der Waals surface area contributed by atoms with E-state index < -0.39 is 0 Å². The second kappa shape index (κ2) is 8.15. The quantitative estimate of drug-likeness (QED) is 0.761.